The minimum Gasteiger partial charge on any atom is -0.467 e. The van der Waals surface area contributed by atoms with E-state index in [4.69, 9.17) is 9.47 Å². The first-order valence-corrected chi connectivity index (χ1v) is 16.8. The Bertz CT molecular complexity index is 1890. The fourth-order valence-corrected chi connectivity index (χ4v) is 5.85. The van der Waals surface area contributed by atoms with E-state index in [0.717, 1.165) is 37.6 Å². The number of anilines is 2. The highest BCUT2D eigenvalue weighted by molar-refractivity contribution is 7.90. The van der Waals surface area contributed by atoms with Gasteiger partial charge in [-0.1, -0.05) is 0 Å². The molecule has 6 rings (SSSR count). The lowest BCUT2D eigenvalue weighted by Gasteiger charge is -2.35. The summed E-state index contributed by atoms with van der Waals surface area (Å²) in [6, 6.07) is 0.804. The molecule has 18 heteroatoms. The van der Waals surface area contributed by atoms with E-state index < -0.39 is 33.4 Å². The number of hydrogen-bond donors (Lipinski definition) is 1. The lowest BCUT2D eigenvalue weighted by Crippen LogP contribution is -2.45. The minimum absolute atomic E-state index is 0.0554. The number of nitrogens with zero attached hydrogens (tertiary/aromatic N) is 8. The molecule has 48 heavy (non-hydrogen) atoms. The monoisotopic (exact) mass is 685 g/mol. The number of hydrogen-bond acceptors (Lipinski definition) is 13. The zero-order valence-corrected chi connectivity index (χ0v) is 26.6. The van der Waals surface area contributed by atoms with Crippen LogP contribution in [0.4, 0.5) is 29.7 Å². The Morgan fingerprint density at radius 3 is 2.23 bits per heavy atom. The van der Waals surface area contributed by atoms with Crippen molar-refractivity contribution < 1.29 is 35.9 Å². The van der Waals surface area contributed by atoms with Crippen LogP contribution in [0.15, 0.2) is 54.3 Å². The summed E-state index contributed by atoms with van der Waals surface area (Å²) in [5.41, 5.74) is -0.624. The fraction of sp³-hybridized carbons (Fsp3) is 0.400. The van der Waals surface area contributed by atoms with Crippen molar-refractivity contribution >= 4 is 27.7 Å². The van der Waals surface area contributed by atoms with Gasteiger partial charge in [0.05, 0.1) is 35.8 Å². The van der Waals surface area contributed by atoms with Gasteiger partial charge in [0, 0.05) is 60.5 Å². The van der Waals surface area contributed by atoms with Crippen LogP contribution >= 0.6 is 0 Å². The Morgan fingerprint density at radius 1 is 0.896 bits per heavy atom. The lowest BCUT2D eigenvalue weighted by molar-refractivity contribution is -0.137. The molecule has 4 heterocycles. The molecule has 0 bridgehead atoms. The normalized spacial score (nSPS) is 18.2. The van der Waals surface area contributed by atoms with Gasteiger partial charge in [-0.15, -0.1) is 0 Å². The van der Waals surface area contributed by atoms with E-state index >= 15 is 0 Å². The third-order valence-electron chi connectivity index (χ3n) is 7.88. The van der Waals surface area contributed by atoms with Gasteiger partial charge in [0.1, 0.15) is 11.7 Å². The number of amides is 1. The molecule has 4 aromatic rings. The largest absolute Gasteiger partial charge is 0.467 e. The Morgan fingerprint density at radius 2 is 1.62 bits per heavy atom. The van der Waals surface area contributed by atoms with Gasteiger partial charge in [-0.3, -0.25) is 14.9 Å². The first-order valence-electron chi connectivity index (χ1n) is 14.9. The second-order valence-electron chi connectivity index (χ2n) is 11.5. The van der Waals surface area contributed by atoms with Gasteiger partial charge in [-0.25, -0.2) is 38.1 Å². The van der Waals surface area contributed by atoms with Crippen LogP contribution < -0.4 is 15.0 Å². The van der Waals surface area contributed by atoms with Crippen LogP contribution in [-0.2, 0) is 20.8 Å². The predicted octanol–water partition coefficient (Wildman–Crippen LogP) is 4.75. The van der Waals surface area contributed by atoms with Crippen LogP contribution in [0.1, 0.15) is 44.1 Å². The summed E-state index contributed by atoms with van der Waals surface area (Å²) < 4.78 is 76.4. The SMILES string of the molecule is COc1ncc(-c2cnc(N(C(=O)OC3CC3)[C@H]3CC[C@H](Nc4ncc(C(F)(F)F)c(-c5cncc(S(C)(=O)=O)c5)n4)CC3)cn2)cn1. The second kappa shape index (κ2) is 13.2. The number of carbonyl (C=O) groups is 1. The molecule has 4 aromatic heterocycles. The van der Waals surface area contributed by atoms with Crippen molar-refractivity contribution in [2.24, 2.45) is 0 Å². The topological polar surface area (TPSA) is 175 Å². The van der Waals surface area contributed by atoms with E-state index in [-0.39, 0.29) is 40.6 Å². The third kappa shape index (κ3) is 7.58. The molecule has 252 valence electrons. The molecule has 0 atom stereocenters. The predicted molar refractivity (Wildman–Crippen MR) is 165 cm³/mol. The maximum Gasteiger partial charge on any atom is 0.419 e. The van der Waals surface area contributed by atoms with E-state index in [1.54, 1.807) is 12.4 Å². The average molecular weight is 686 g/mol. The number of halogens is 3. The van der Waals surface area contributed by atoms with Gasteiger partial charge in [-0.2, -0.15) is 13.2 Å². The van der Waals surface area contributed by atoms with Crippen molar-refractivity contribution in [3.8, 4) is 28.5 Å². The van der Waals surface area contributed by atoms with Crippen LogP contribution in [-0.4, -0.2) is 81.0 Å². The van der Waals surface area contributed by atoms with Gasteiger partial charge >= 0.3 is 18.3 Å². The van der Waals surface area contributed by atoms with Gasteiger partial charge in [-0.05, 0) is 44.6 Å². The molecule has 0 unspecified atom stereocenters. The zero-order chi connectivity index (χ0) is 34.1. The molecule has 2 aliphatic rings. The summed E-state index contributed by atoms with van der Waals surface area (Å²) in [6.45, 7) is 0. The third-order valence-corrected chi connectivity index (χ3v) is 8.96. The number of nitrogens with one attached hydrogen (secondary N) is 1. The molecule has 0 spiro atoms. The van der Waals surface area contributed by atoms with Gasteiger partial charge < -0.3 is 14.8 Å². The highest BCUT2D eigenvalue weighted by atomic mass is 32.2. The molecule has 2 fully saturated rings. The quantitative estimate of drug-likeness (QED) is 0.256. The van der Waals surface area contributed by atoms with Crippen LogP contribution in [0.25, 0.3) is 22.5 Å². The van der Waals surface area contributed by atoms with E-state index in [9.17, 15) is 26.4 Å². The van der Waals surface area contributed by atoms with Crippen molar-refractivity contribution in [1.82, 2.24) is 34.9 Å². The first kappa shape index (κ1) is 32.9. The van der Waals surface area contributed by atoms with Crippen molar-refractivity contribution in [3.05, 3.63) is 55.0 Å². The van der Waals surface area contributed by atoms with E-state index in [1.165, 1.54) is 24.4 Å². The van der Waals surface area contributed by atoms with E-state index in [0.29, 0.717) is 49.0 Å². The molecule has 1 amide bonds. The summed E-state index contributed by atoms with van der Waals surface area (Å²) in [5, 5.41) is 3.11. The molecule has 0 radical (unpaired) electrons. The number of carbonyl (C=O) groups excluding carboxylic acids is 1. The summed E-state index contributed by atoms with van der Waals surface area (Å²) in [5.74, 6) is 0.260. The molecule has 0 aliphatic heterocycles. The highest BCUT2D eigenvalue weighted by Crippen LogP contribution is 2.37. The summed E-state index contributed by atoms with van der Waals surface area (Å²) in [6.07, 6.45) is 8.11. The number of sulfone groups is 1. The molecule has 2 saturated carbocycles. The molecule has 0 saturated heterocycles. The molecule has 0 aromatic carbocycles. The fourth-order valence-electron chi connectivity index (χ4n) is 5.25. The van der Waals surface area contributed by atoms with E-state index in [2.05, 4.69) is 40.2 Å². The van der Waals surface area contributed by atoms with E-state index in [1.807, 2.05) is 0 Å². The molecule has 2 aliphatic carbocycles. The number of rotatable bonds is 9. The molecule has 1 N–H and O–H groups in total. The number of aromatic nitrogens is 7. The zero-order valence-electron chi connectivity index (χ0n) is 25.8. The molecular formula is C30H30F3N9O5S. The summed E-state index contributed by atoms with van der Waals surface area (Å²) in [4.78, 5) is 43.6. The maximum atomic E-state index is 13.9. The van der Waals surface area contributed by atoms with Crippen molar-refractivity contribution in [1.29, 1.82) is 0 Å². The highest BCUT2D eigenvalue weighted by Gasteiger charge is 2.37. The van der Waals surface area contributed by atoms with Crippen molar-refractivity contribution in [2.75, 3.05) is 23.6 Å². The van der Waals surface area contributed by atoms with Crippen molar-refractivity contribution in [3.63, 3.8) is 0 Å². The Hall–Kier alpha value is -5.00. The number of ether oxygens (including phenoxy) is 2. The van der Waals surface area contributed by atoms with Crippen LogP contribution in [0.5, 0.6) is 6.01 Å². The smallest absolute Gasteiger partial charge is 0.419 e. The average Bonchev–Trinajstić information content (AvgIpc) is 3.89. The minimum atomic E-state index is -4.80. The van der Waals surface area contributed by atoms with Crippen LogP contribution in [0.2, 0.25) is 0 Å². The number of alkyl halides is 3. The molecule has 14 nitrogen and oxygen atoms in total. The Labute approximate surface area is 273 Å². The first-order chi connectivity index (χ1) is 22.9. The summed E-state index contributed by atoms with van der Waals surface area (Å²) in [7, 11) is -2.27. The van der Waals surface area contributed by atoms with Crippen LogP contribution in [0, 0.1) is 0 Å². The van der Waals surface area contributed by atoms with Gasteiger partial charge in [0.2, 0.25) is 5.95 Å². The maximum absolute atomic E-state index is 13.9. The van der Waals surface area contributed by atoms with Gasteiger partial charge in [0.25, 0.3) is 0 Å². The van der Waals surface area contributed by atoms with Crippen LogP contribution in [0.3, 0.4) is 0 Å². The number of pyridine rings is 1. The number of methoxy groups -OCH3 is 1. The Kier molecular flexibility index (Phi) is 9.09. The standard InChI is InChI=1S/C30H30F3N9O5S/c1-46-28-38-11-18(12-39-28)24-15-36-25(16-35-24)42(29(43)47-21-7-8-21)20-5-3-19(4-6-20)40-27-37-14-23(30(31,32)33)26(41-27)17-9-22(13-34-10-17)48(2,44)45/h9-16,19-21H,3-8H2,1-2H3,(H,37,40,41)/t19-,20-. The second-order valence-corrected chi connectivity index (χ2v) is 13.5. The Balaban J connectivity index is 1.18. The summed E-state index contributed by atoms with van der Waals surface area (Å²) >= 11 is 0. The van der Waals surface area contributed by atoms with Crippen molar-refractivity contribution in [2.45, 2.75) is 67.8 Å². The lowest BCUT2D eigenvalue weighted by atomic mass is 9.90. The van der Waals surface area contributed by atoms with Gasteiger partial charge in [0.15, 0.2) is 15.7 Å². The molecular weight excluding hydrogens is 655 g/mol.